The molecule has 3 nitrogen and oxygen atoms in total. The highest BCUT2D eigenvalue weighted by molar-refractivity contribution is 7.13. The number of aromatic hydroxyl groups is 1. The predicted molar refractivity (Wildman–Crippen MR) is 37.9 cm³/mol. The predicted octanol–water partition coefficient (Wildman–Crippen LogP) is 1.28. The molecule has 1 aromatic heterocycles. The minimum Gasteiger partial charge on any atom is -0.493 e. The molecule has 0 bridgehead atoms. The maximum Gasteiger partial charge on any atom is 0.223 e. The van der Waals surface area contributed by atoms with Gasteiger partial charge in [-0.1, -0.05) is 0 Å². The van der Waals surface area contributed by atoms with E-state index < -0.39 is 0 Å². The normalized spacial score (nSPS) is 9.44. The molecule has 2 N–H and O–H groups in total. The number of nitrogens with one attached hydrogen (secondary N) is 1. The van der Waals surface area contributed by atoms with E-state index >= 15 is 0 Å². The van der Waals surface area contributed by atoms with Gasteiger partial charge in [-0.2, -0.15) is 4.98 Å². The van der Waals surface area contributed by atoms with Gasteiger partial charge in [-0.05, 0) is 6.92 Å². The Bertz CT molecular complexity index is 187. The topological polar surface area (TPSA) is 45.2 Å². The number of nitrogens with zero attached hydrogens (tertiary/aromatic N) is 1. The van der Waals surface area contributed by atoms with Gasteiger partial charge in [-0.15, -0.1) is 11.3 Å². The summed E-state index contributed by atoms with van der Waals surface area (Å²) < 4.78 is 0. The molecule has 0 aromatic carbocycles. The molecule has 50 valence electrons. The van der Waals surface area contributed by atoms with Gasteiger partial charge in [0.05, 0.1) is 5.38 Å². The Morgan fingerprint density at radius 1 is 1.89 bits per heavy atom. The van der Waals surface area contributed by atoms with Crippen molar-refractivity contribution in [1.82, 2.24) is 4.98 Å². The molecule has 0 saturated carbocycles. The number of aromatic nitrogens is 1. The number of anilines is 1. The molecule has 0 unspecified atom stereocenters. The Balaban J connectivity index is 2.61. The monoisotopic (exact) mass is 144 g/mol. The van der Waals surface area contributed by atoms with E-state index in [1.165, 1.54) is 11.3 Å². The highest BCUT2D eigenvalue weighted by Gasteiger charge is 1.94. The largest absolute Gasteiger partial charge is 0.493 e. The van der Waals surface area contributed by atoms with E-state index in [1.54, 1.807) is 5.38 Å². The van der Waals surface area contributed by atoms with Crippen LogP contribution in [0.5, 0.6) is 5.88 Å². The summed E-state index contributed by atoms with van der Waals surface area (Å²) in [4.78, 5) is 3.76. The highest BCUT2D eigenvalue weighted by Crippen LogP contribution is 2.18. The minimum absolute atomic E-state index is 0.0935. The van der Waals surface area contributed by atoms with E-state index in [1.807, 2.05) is 6.92 Å². The van der Waals surface area contributed by atoms with Gasteiger partial charge in [-0.25, -0.2) is 0 Å². The van der Waals surface area contributed by atoms with Crippen LogP contribution in [0.25, 0.3) is 0 Å². The lowest BCUT2D eigenvalue weighted by atomic mass is 10.8. The van der Waals surface area contributed by atoms with Crippen molar-refractivity contribution in [3.63, 3.8) is 0 Å². The van der Waals surface area contributed by atoms with Crippen LogP contribution in [0.15, 0.2) is 5.38 Å². The van der Waals surface area contributed by atoms with Crippen LogP contribution in [-0.4, -0.2) is 16.6 Å². The average molecular weight is 144 g/mol. The van der Waals surface area contributed by atoms with Crippen molar-refractivity contribution in [2.45, 2.75) is 6.92 Å². The van der Waals surface area contributed by atoms with Crippen LogP contribution in [0, 0.1) is 0 Å². The van der Waals surface area contributed by atoms with Crippen LogP contribution in [0.4, 0.5) is 5.13 Å². The lowest BCUT2D eigenvalue weighted by Crippen LogP contribution is -1.94. The van der Waals surface area contributed by atoms with Crippen LogP contribution >= 0.6 is 11.3 Å². The molecule has 0 radical (unpaired) electrons. The summed E-state index contributed by atoms with van der Waals surface area (Å²) in [7, 11) is 0. The highest BCUT2D eigenvalue weighted by atomic mass is 32.1. The molecule has 0 fully saturated rings. The van der Waals surface area contributed by atoms with Crippen molar-refractivity contribution in [3.8, 4) is 5.88 Å². The summed E-state index contributed by atoms with van der Waals surface area (Å²) in [5.74, 6) is 0.0935. The van der Waals surface area contributed by atoms with Crippen molar-refractivity contribution < 1.29 is 5.11 Å². The third-order valence-corrected chi connectivity index (χ3v) is 1.61. The lowest BCUT2D eigenvalue weighted by molar-refractivity contribution is 0.458. The molecule has 1 aromatic rings. The number of hydrogen-bond donors (Lipinski definition) is 2. The van der Waals surface area contributed by atoms with Crippen molar-refractivity contribution in [1.29, 1.82) is 0 Å². The van der Waals surface area contributed by atoms with Gasteiger partial charge in [0.15, 0.2) is 5.13 Å². The molecular formula is C5H8N2OS. The van der Waals surface area contributed by atoms with Gasteiger partial charge in [0, 0.05) is 6.54 Å². The van der Waals surface area contributed by atoms with Crippen molar-refractivity contribution in [3.05, 3.63) is 5.38 Å². The third kappa shape index (κ3) is 1.57. The summed E-state index contributed by atoms with van der Waals surface area (Å²) in [5, 5.41) is 14.1. The van der Waals surface area contributed by atoms with Crippen molar-refractivity contribution in [2.75, 3.05) is 11.9 Å². The fourth-order valence-electron chi connectivity index (χ4n) is 0.498. The van der Waals surface area contributed by atoms with Gasteiger partial charge in [0.1, 0.15) is 0 Å². The van der Waals surface area contributed by atoms with Crippen LogP contribution in [-0.2, 0) is 0 Å². The molecule has 0 atom stereocenters. The Kier molecular flexibility index (Phi) is 1.89. The van der Waals surface area contributed by atoms with E-state index in [0.29, 0.717) is 0 Å². The number of hydrogen-bond acceptors (Lipinski definition) is 4. The molecule has 0 aliphatic carbocycles. The molecule has 0 amide bonds. The van der Waals surface area contributed by atoms with E-state index in [2.05, 4.69) is 10.3 Å². The van der Waals surface area contributed by atoms with Gasteiger partial charge >= 0.3 is 0 Å². The zero-order chi connectivity index (χ0) is 6.69. The first-order chi connectivity index (χ1) is 4.33. The van der Waals surface area contributed by atoms with Crippen molar-refractivity contribution >= 4 is 16.5 Å². The first-order valence-corrected chi connectivity index (χ1v) is 3.59. The van der Waals surface area contributed by atoms with E-state index in [4.69, 9.17) is 5.11 Å². The maximum absolute atomic E-state index is 8.74. The van der Waals surface area contributed by atoms with Crippen LogP contribution in [0.1, 0.15) is 6.92 Å². The van der Waals surface area contributed by atoms with Crippen LogP contribution in [0.2, 0.25) is 0 Å². The van der Waals surface area contributed by atoms with Crippen molar-refractivity contribution in [2.24, 2.45) is 0 Å². The molecule has 4 heteroatoms. The Labute approximate surface area is 57.4 Å². The summed E-state index contributed by atoms with van der Waals surface area (Å²) in [6.07, 6.45) is 0. The third-order valence-electron chi connectivity index (χ3n) is 0.820. The summed E-state index contributed by atoms with van der Waals surface area (Å²) in [6.45, 7) is 2.82. The molecule has 1 heterocycles. The second-order valence-corrected chi connectivity index (χ2v) is 2.40. The Morgan fingerprint density at radius 3 is 3.11 bits per heavy atom. The Hall–Kier alpha value is -0.770. The quantitative estimate of drug-likeness (QED) is 0.657. The molecule has 1 rings (SSSR count). The summed E-state index contributed by atoms with van der Waals surface area (Å²) in [5.41, 5.74) is 0. The average Bonchev–Trinajstić information content (AvgIpc) is 2.17. The molecule has 0 saturated heterocycles. The van der Waals surface area contributed by atoms with Gasteiger partial charge in [0.25, 0.3) is 0 Å². The second-order valence-electron chi connectivity index (χ2n) is 1.54. The zero-order valence-electron chi connectivity index (χ0n) is 5.09. The summed E-state index contributed by atoms with van der Waals surface area (Å²) in [6, 6.07) is 0. The minimum atomic E-state index is 0.0935. The molecule has 9 heavy (non-hydrogen) atoms. The molecule has 0 aliphatic rings. The van der Waals surface area contributed by atoms with Crippen LogP contribution in [0.3, 0.4) is 0 Å². The zero-order valence-corrected chi connectivity index (χ0v) is 5.90. The number of rotatable bonds is 2. The van der Waals surface area contributed by atoms with Crippen LogP contribution < -0.4 is 5.32 Å². The lowest BCUT2D eigenvalue weighted by Gasteiger charge is -1.91. The fourth-order valence-corrected chi connectivity index (χ4v) is 1.14. The standard InChI is InChI=1S/C5H8N2OS/c1-2-6-5-7-4(8)3-9-5/h3,8H,2H2,1H3,(H,6,7). The maximum atomic E-state index is 8.74. The Morgan fingerprint density at radius 2 is 2.67 bits per heavy atom. The van der Waals surface area contributed by atoms with E-state index in [-0.39, 0.29) is 5.88 Å². The molecule has 0 spiro atoms. The SMILES string of the molecule is CCNc1nc(O)cs1. The van der Waals surface area contributed by atoms with Gasteiger partial charge in [0.2, 0.25) is 5.88 Å². The number of thiazole rings is 1. The molecule has 0 aliphatic heterocycles. The fraction of sp³-hybridized carbons (Fsp3) is 0.400. The van der Waals surface area contributed by atoms with Gasteiger partial charge < -0.3 is 10.4 Å². The smallest absolute Gasteiger partial charge is 0.223 e. The molecular weight excluding hydrogens is 136 g/mol. The van der Waals surface area contributed by atoms with E-state index in [9.17, 15) is 0 Å². The van der Waals surface area contributed by atoms with E-state index in [0.717, 1.165) is 11.7 Å². The first kappa shape index (κ1) is 6.35. The first-order valence-electron chi connectivity index (χ1n) is 2.71. The second kappa shape index (κ2) is 2.68. The van der Waals surface area contributed by atoms with Gasteiger partial charge in [-0.3, -0.25) is 0 Å². The summed E-state index contributed by atoms with van der Waals surface area (Å²) >= 11 is 1.40.